The Morgan fingerprint density at radius 2 is 1.42 bits per heavy atom. The fourth-order valence-corrected chi connectivity index (χ4v) is 3.46. The lowest BCUT2D eigenvalue weighted by atomic mass is 10.1. The third-order valence-corrected chi connectivity index (χ3v) is 4.71. The van der Waals surface area contributed by atoms with Gasteiger partial charge in [-0.25, -0.2) is 23.5 Å². The summed E-state index contributed by atoms with van der Waals surface area (Å²) in [6.07, 6.45) is 6.33. The second kappa shape index (κ2) is 6.52. The molecule has 0 N–H and O–H groups in total. The first-order valence-electron chi connectivity index (χ1n) is 8.58. The second-order valence-corrected chi connectivity index (χ2v) is 6.30. The average Bonchev–Trinajstić information content (AvgIpc) is 3.18. The van der Waals surface area contributed by atoms with E-state index in [0.717, 1.165) is 5.56 Å². The fraction of sp³-hybridized carbons (Fsp3) is 0.143. The van der Waals surface area contributed by atoms with Gasteiger partial charge in [0.05, 0.1) is 17.8 Å². The van der Waals surface area contributed by atoms with Gasteiger partial charge < -0.3 is 0 Å². The minimum absolute atomic E-state index is 0.191. The number of hydrogen-bond acceptors (Lipinski definition) is 2. The minimum atomic E-state index is -0.332. The van der Waals surface area contributed by atoms with Crippen molar-refractivity contribution < 1.29 is 0 Å². The van der Waals surface area contributed by atoms with Gasteiger partial charge in [-0.3, -0.25) is 0 Å². The van der Waals surface area contributed by atoms with Crippen LogP contribution in [0, 0.1) is 0 Å². The summed E-state index contributed by atoms with van der Waals surface area (Å²) in [5.41, 5.74) is 0.972. The molecule has 5 nitrogen and oxygen atoms in total. The van der Waals surface area contributed by atoms with Crippen LogP contribution in [0.2, 0.25) is 0 Å². The van der Waals surface area contributed by atoms with Crippen molar-refractivity contribution in [1.29, 1.82) is 0 Å². The number of nitrogens with zero attached hydrogens (tertiary/aromatic N) is 3. The van der Waals surface area contributed by atoms with Crippen molar-refractivity contribution in [3.8, 4) is 5.69 Å². The van der Waals surface area contributed by atoms with E-state index in [0.29, 0.717) is 12.1 Å². The summed E-state index contributed by atoms with van der Waals surface area (Å²) in [6, 6.07) is 18.5. The lowest BCUT2D eigenvalue weighted by Gasteiger charge is -2.06. The van der Waals surface area contributed by atoms with Gasteiger partial charge >= 0.3 is 11.4 Å². The molecule has 0 bridgehead atoms. The van der Waals surface area contributed by atoms with Gasteiger partial charge in [0, 0.05) is 0 Å². The van der Waals surface area contributed by atoms with Crippen molar-refractivity contribution in [2.45, 2.75) is 18.5 Å². The van der Waals surface area contributed by atoms with Crippen molar-refractivity contribution in [1.82, 2.24) is 13.9 Å². The molecule has 0 aliphatic carbocycles. The zero-order chi connectivity index (χ0) is 18.1. The molecule has 26 heavy (non-hydrogen) atoms. The van der Waals surface area contributed by atoms with Gasteiger partial charge in [0.25, 0.3) is 0 Å². The summed E-state index contributed by atoms with van der Waals surface area (Å²) >= 11 is 0. The van der Waals surface area contributed by atoms with Crippen LogP contribution in [0.25, 0.3) is 11.8 Å². The van der Waals surface area contributed by atoms with Crippen LogP contribution in [0.5, 0.6) is 0 Å². The van der Waals surface area contributed by atoms with Gasteiger partial charge in [0.2, 0.25) is 0 Å². The molecular weight excluding hydrogens is 326 g/mol. The molecule has 0 fully saturated rings. The smallest absolute Gasteiger partial charge is 0.245 e. The first-order valence-corrected chi connectivity index (χ1v) is 8.58. The van der Waals surface area contributed by atoms with Crippen LogP contribution in [0.1, 0.15) is 24.1 Å². The van der Waals surface area contributed by atoms with E-state index in [1.807, 2.05) is 60.7 Å². The molecule has 0 saturated carbocycles. The van der Waals surface area contributed by atoms with Crippen molar-refractivity contribution in [2.24, 2.45) is 0 Å². The maximum atomic E-state index is 13.0. The Balaban J connectivity index is 1.82. The van der Waals surface area contributed by atoms with Crippen molar-refractivity contribution >= 4 is 6.08 Å². The summed E-state index contributed by atoms with van der Waals surface area (Å²) < 4.78 is 4.28. The Morgan fingerprint density at radius 3 is 2.04 bits per heavy atom. The van der Waals surface area contributed by atoms with E-state index in [-0.39, 0.29) is 23.5 Å². The number of allylic oxidation sites excluding steroid dienone is 2. The van der Waals surface area contributed by atoms with Crippen LogP contribution in [0.4, 0.5) is 0 Å². The van der Waals surface area contributed by atoms with Gasteiger partial charge in [-0.1, -0.05) is 66.8 Å². The van der Waals surface area contributed by atoms with E-state index in [1.165, 1.54) is 9.25 Å². The quantitative estimate of drug-likeness (QED) is 0.682. The average molecular weight is 345 g/mol. The predicted octanol–water partition coefficient (Wildman–Crippen LogP) is 3.19. The van der Waals surface area contributed by atoms with E-state index < -0.39 is 0 Å². The Morgan fingerprint density at radius 1 is 0.846 bits per heavy atom. The standard InChI is InChI=1S/C21H19N3O2/c1-2-17-15-19(14-13-16-9-5-3-6-10-16)24-21(26)22(20(25)23(17)24)18-11-7-4-8-12-18/h2-14,17,19H,1,15H2/b14-13+/t17-,19+/m1/s1. The molecule has 1 aliphatic rings. The van der Waals surface area contributed by atoms with Crippen LogP contribution in [0.3, 0.4) is 0 Å². The molecule has 130 valence electrons. The van der Waals surface area contributed by atoms with Gasteiger partial charge in [-0.2, -0.15) is 0 Å². The highest BCUT2D eigenvalue weighted by Gasteiger charge is 2.33. The monoisotopic (exact) mass is 345 g/mol. The molecule has 0 amide bonds. The van der Waals surface area contributed by atoms with Crippen LogP contribution < -0.4 is 11.4 Å². The van der Waals surface area contributed by atoms with E-state index in [4.69, 9.17) is 0 Å². The lowest BCUT2D eigenvalue weighted by Crippen LogP contribution is -2.29. The SMILES string of the molecule is C=C[C@@H]1C[C@H](/C=C/c2ccccc2)n2c(=O)n(-c3ccccc3)c(=O)n21. The Hall–Kier alpha value is -3.34. The van der Waals surface area contributed by atoms with Gasteiger partial charge in [-0.05, 0) is 24.1 Å². The molecule has 0 saturated heterocycles. The third-order valence-electron chi connectivity index (χ3n) is 4.71. The molecular formula is C21H19N3O2. The van der Waals surface area contributed by atoms with Gasteiger partial charge in [0.1, 0.15) is 0 Å². The molecule has 1 aliphatic heterocycles. The molecule has 0 radical (unpaired) electrons. The van der Waals surface area contributed by atoms with E-state index in [2.05, 4.69) is 6.58 Å². The highest BCUT2D eigenvalue weighted by atomic mass is 16.2. The number of hydrogen-bond donors (Lipinski definition) is 0. The topological polar surface area (TPSA) is 48.9 Å². The first-order chi connectivity index (χ1) is 12.7. The Kier molecular flexibility index (Phi) is 4.05. The fourth-order valence-electron chi connectivity index (χ4n) is 3.46. The number of aromatic nitrogens is 3. The second-order valence-electron chi connectivity index (χ2n) is 6.30. The summed E-state index contributed by atoms with van der Waals surface area (Å²) in [7, 11) is 0. The number of fused-ring (bicyclic) bond motifs is 1. The minimum Gasteiger partial charge on any atom is -0.245 e. The molecule has 0 unspecified atom stereocenters. The van der Waals surface area contributed by atoms with E-state index >= 15 is 0 Å². The molecule has 1 aromatic heterocycles. The molecule has 2 atom stereocenters. The molecule has 2 aromatic carbocycles. The van der Waals surface area contributed by atoms with Gasteiger partial charge in [0.15, 0.2) is 0 Å². The van der Waals surface area contributed by atoms with Crippen LogP contribution >= 0.6 is 0 Å². The van der Waals surface area contributed by atoms with Crippen molar-refractivity contribution in [3.63, 3.8) is 0 Å². The van der Waals surface area contributed by atoms with Gasteiger partial charge in [-0.15, -0.1) is 6.58 Å². The maximum Gasteiger partial charge on any atom is 0.352 e. The predicted molar refractivity (Wildman–Crippen MR) is 103 cm³/mol. The zero-order valence-corrected chi connectivity index (χ0v) is 14.2. The van der Waals surface area contributed by atoms with Crippen LogP contribution in [-0.2, 0) is 0 Å². The number of benzene rings is 2. The largest absolute Gasteiger partial charge is 0.352 e. The van der Waals surface area contributed by atoms with Crippen molar-refractivity contribution in [2.75, 3.05) is 0 Å². The highest BCUT2D eigenvalue weighted by Crippen LogP contribution is 2.29. The van der Waals surface area contributed by atoms with Crippen molar-refractivity contribution in [3.05, 3.63) is 106 Å². The maximum absolute atomic E-state index is 13.0. The molecule has 4 rings (SSSR count). The summed E-state index contributed by atoms with van der Waals surface area (Å²) in [6.45, 7) is 3.84. The molecule has 5 heteroatoms. The zero-order valence-electron chi connectivity index (χ0n) is 14.2. The van der Waals surface area contributed by atoms with Crippen LogP contribution in [0.15, 0.2) is 89.0 Å². The number of para-hydroxylation sites is 1. The summed E-state index contributed by atoms with van der Waals surface area (Å²) in [4.78, 5) is 25.9. The van der Waals surface area contributed by atoms with E-state index in [1.54, 1.807) is 22.9 Å². The summed E-state index contributed by atoms with van der Waals surface area (Å²) in [5, 5.41) is 0. The Labute approximate surface area is 150 Å². The normalized spacial score (nSPS) is 18.9. The third kappa shape index (κ3) is 2.58. The lowest BCUT2D eigenvalue weighted by molar-refractivity contribution is 0.525. The van der Waals surface area contributed by atoms with E-state index in [9.17, 15) is 9.59 Å². The molecule has 2 heterocycles. The molecule has 0 spiro atoms. The van der Waals surface area contributed by atoms with Crippen LogP contribution in [-0.4, -0.2) is 13.9 Å². The Bertz CT molecular complexity index is 1070. The molecule has 3 aromatic rings. The summed E-state index contributed by atoms with van der Waals surface area (Å²) in [5.74, 6) is 0. The highest BCUT2D eigenvalue weighted by molar-refractivity contribution is 5.49. The first kappa shape index (κ1) is 16.1. The number of rotatable bonds is 4.